The second-order valence-electron chi connectivity index (χ2n) is 3.57. The summed E-state index contributed by atoms with van der Waals surface area (Å²) in [4.78, 5) is 0. The molecule has 0 atom stereocenters. The van der Waals surface area contributed by atoms with Crippen molar-refractivity contribution in [1.29, 1.82) is 0 Å². The van der Waals surface area contributed by atoms with Crippen molar-refractivity contribution >= 4 is 0 Å². The topological polar surface area (TPSA) is 20.2 Å². The molecule has 0 aliphatic carbocycles. The molecule has 1 nitrogen and oxygen atoms in total. The Morgan fingerprint density at radius 2 is 1.47 bits per heavy atom. The molecule has 0 aliphatic heterocycles. The zero-order valence-electron chi connectivity index (χ0n) is 8.89. The number of hydrogen-bond acceptors (Lipinski definition) is 1. The van der Waals surface area contributed by atoms with Crippen LogP contribution in [0.3, 0.4) is 0 Å². The number of allylic oxidation sites excluding steroid dienone is 2. The van der Waals surface area contributed by atoms with E-state index in [0.29, 0.717) is 0 Å². The number of rotatable bonds is 8. The number of alkyl halides is 3. The minimum atomic E-state index is -4.07. The highest BCUT2D eigenvalue weighted by Gasteiger charge is 2.24. The Balaban J connectivity index is 3.17. The predicted molar refractivity (Wildman–Crippen MR) is 54.6 cm³/mol. The van der Waals surface area contributed by atoms with E-state index in [4.69, 9.17) is 5.11 Å². The molecule has 1 N–H and O–H groups in total. The standard InChI is InChI=1S/C11H19F3O/c12-11(13,14)9-7-5-3-1-2-4-6-8-10-15/h5,7,15H,1-4,6,8-10H2/b7-5+. The molecular weight excluding hydrogens is 205 g/mol. The zero-order chi connectivity index (χ0) is 11.6. The van der Waals surface area contributed by atoms with Crippen LogP contribution in [0.2, 0.25) is 0 Å². The molecule has 0 spiro atoms. The smallest absolute Gasteiger partial charge is 0.392 e. The van der Waals surface area contributed by atoms with Crippen molar-refractivity contribution < 1.29 is 18.3 Å². The third-order valence-corrected chi connectivity index (χ3v) is 2.04. The lowest BCUT2D eigenvalue weighted by Crippen LogP contribution is -2.03. The van der Waals surface area contributed by atoms with E-state index in [0.717, 1.165) is 38.5 Å². The van der Waals surface area contributed by atoms with Crippen molar-refractivity contribution in [2.75, 3.05) is 6.61 Å². The molecule has 0 heterocycles. The number of aliphatic hydroxyl groups excluding tert-OH is 1. The summed E-state index contributed by atoms with van der Waals surface area (Å²) in [5.41, 5.74) is 0. The molecule has 0 aromatic rings. The van der Waals surface area contributed by atoms with Crippen LogP contribution in [-0.2, 0) is 0 Å². The summed E-state index contributed by atoms with van der Waals surface area (Å²) in [6.07, 6.45) is 3.44. The van der Waals surface area contributed by atoms with Crippen molar-refractivity contribution in [1.82, 2.24) is 0 Å². The summed E-state index contributed by atoms with van der Waals surface area (Å²) in [7, 11) is 0. The van der Waals surface area contributed by atoms with Crippen molar-refractivity contribution in [2.24, 2.45) is 0 Å². The van der Waals surface area contributed by atoms with E-state index >= 15 is 0 Å². The molecule has 0 rings (SSSR count). The van der Waals surface area contributed by atoms with Crippen LogP contribution in [0.25, 0.3) is 0 Å². The first-order valence-electron chi connectivity index (χ1n) is 5.39. The second kappa shape index (κ2) is 8.77. The molecule has 0 aromatic carbocycles. The van der Waals surface area contributed by atoms with Crippen LogP contribution in [-0.4, -0.2) is 17.9 Å². The van der Waals surface area contributed by atoms with Gasteiger partial charge in [-0.15, -0.1) is 0 Å². The van der Waals surface area contributed by atoms with E-state index in [1.807, 2.05) is 0 Å². The number of halogens is 3. The summed E-state index contributed by atoms with van der Waals surface area (Å²) in [6.45, 7) is 0.228. The zero-order valence-corrected chi connectivity index (χ0v) is 8.89. The molecule has 0 saturated heterocycles. The molecule has 4 heteroatoms. The average molecular weight is 224 g/mol. The summed E-state index contributed by atoms with van der Waals surface area (Å²) in [6, 6.07) is 0. The first-order chi connectivity index (χ1) is 7.06. The monoisotopic (exact) mass is 224 g/mol. The summed E-state index contributed by atoms with van der Waals surface area (Å²) in [5.74, 6) is 0. The lowest BCUT2D eigenvalue weighted by molar-refractivity contribution is -0.125. The van der Waals surface area contributed by atoms with Crippen LogP contribution in [0.15, 0.2) is 12.2 Å². The number of hydrogen-bond donors (Lipinski definition) is 1. The lowest BCUT2D eigenvalue weighted by atomic mass is 10.1. The molecule has 0 fully saturated rings. The SMILES string of the molecule is OCCCCCCC/C=C/CC(F)(F)F. The largest absolute Gasteiger partial charge is 0.396 e. The van der Waals surface area contributed by atoms with Gasteiger partial charge >= 0.3 is 6.18 Å². The second-order valence-corrected chi connectivity index (χ2v) is 3.57. The van der Waals surface area contributed by atoms with E-state index in [1.165, 1.54) is 6.08 Å². The molecule has 90 valence electrons. The maximum atomic E-state index is 11.7. The predicted octanol–water partition coefficient (Wildman–Crippen LogP) is 3.83. The highest BCUT2D eigenvalue weighted by molar-refractivity contribution is 4.83. The summed E-state index contributed by atoms with van der Waals surface area (Å²) < 4.78 is 35.1. The Kier molecular flexibility index (Phi) is 8.47. The van der Waals surface area contributed by atoms with E-state index in [-0.39, 0.29) is 6.61 Å². The molecule has 0 unspecified atom stereocenters. The fourth-order valence-electron chi connectivity index (χ4n) is 1.24. The van der Waals surface area contributed by atoms with Gasteiger partial charge in [0.05, 0.1) is 6.42 Å². The maximum Gasteiger partial charge on any atom is 0.392 e. The van der Waals surface area contributed by atoms with Crippen molar-refractivity contribution in [3.8, 4) is 0 Å². The van der Waals surface area contributed by atoms with Gasteiger partial charge in [0.15, 0.2) is 0 Å². The van der Waals surface area contributed by atoms with Crippen molar-refractivity contribution in [2.45, 2.75) is 51.1 Å². The fraction of sp³-hybridized carbons (Fsp3) is 0.818. The number of unbranched alkanes of at least 4 members (excludes halogenated alkanes) is 5. The molecule has 0 amide bonds. The van der Waals surface area contributed by atoms with Gasteiger partial charge in [-0.05, 0) is 19.3 Å². The minimum Gasteiger partial charge on any atom is -0.396 e. The molecule has 15 heavy (non-hydrogen) atoms. The summed E-state index contributed by atoms with van der Waals surface area (Å²) in [5, 5.41) is 8.50. The molecule has 0 aromatic heterocycles. The Hall–Kier alpha value is -0.510. The van der Waals surface area contributed by atoms with Crippen LogP contribution in [0.1, 0.15) is 44.9 Å². The van der Waals surface area contributed by atoms with Crippen LogP contribution >= 0.6 is 0 Å². The first-order valence-corrected chi connectivity index (χ1v) is 5.39. The van der Waals surface area contributed by atoms with E-state index in [9.17, 15) is 13.2 Å². The first kappa shape index (κ1) is 14.5. The third kappa shape index (κ3) is 13.5. The Labute approximate surface area is 89.0 Å². The van der Waals surface area contributed by atoms with Crippen LogP contribution in [0.5, 0.6) is 0 Å². The minimum absolute atomic E-state index is 0.228. The Bertz CT molecular complexity index is 164. The number of aliphatic hydroxyl groups is 1. The van der Waals surface area contributed by atoms with Gasteiger partial charge in [0.2, 0.25) is 0 Å². The van der Waals surface area contributed by atoms with Gasteiger partial charge in [0.25, 0.3) is 0 Å². The van der Waals surface area contributed by atoms with E-state index in [2.05, 4.69) is 0 Å². The van der Waals surface area contributed by atoms with Gasteiger partial charge in [-0.25, -0.2) is 0 Å². The highest BCUT2D eigenvalue weighted by atomic mass is 19.4. The summed E-state index contributed by atoms with van der Waals surface area (Å²) >= 11 is 0. The molecule has 0 saturated carbocycles. The van der Waals surface area contributed by atoms with Crippen LogP contribution in [0, 0.1) is 0 Å². The fourth-order valence-corrected chi connectivity index (χ4v) is 1.24. The molecule has 0 bridgehead atoms. The van der Waals surface area contributed by atoms with Crippen LogP contribution in [0.4, 0.5) is 13.2 Å². The quantitative estimate of drug-likeness (QED) is 0.490. The molecular formula is C11H19F3O. The van der Waals surface area contributed by atoms with Gasteiger partial charge < -0.3 is 5.11 Å². The van der Waals surface area contributed by atoms with Gasteiger partial charge in [-0.2, -0.15) is 13.2 Å². The van der Waals surface area contributed by atoms with Crippen molar-refractivity contribution in [3.63, 3.8) is 0 Å². The maximum absolute atomic E-state index is 11.7. The molecule has 0 aliphatic rings. The Morgan fingerprint density at radius 1 is 0.867 bits per heavy atom. The van der Waals surface area contributed by atoms with Crippen LogP contribution < -0.4 is 0 Å². The average Bonchev–Trinajstić information content (AvgIpc) is 2.14. The van der Waals surface area contributed by atoms with Gasteiger partial charge in [0, 0.05) is 6.61 Å². The normalized spacial score (nSPS) is 12.5. The van der Waals surface area contributed by atoms with Gasteiger partial charge in [-0.3, -0.25) is 0 Å². The van der Waals surface area contributed by atoms with Gasteiger partial charge in [0.1, 0.15) is 0 Å². The highest BCUT2D eigenvalue weighted by Crippen LogP contribution is 2.19. The van der Waals surface area contributed by atoms with E-state index < -0.39 is 12.6 Å². The third-order valence-electron chi connectivity index (χ3n) is 2.04. The van der Waals surface area contributed by atoms with Crippen molar-refractivity contribution in [3.05, 3.63) is 12.2 Å². The Morgan fingerprint density at radius 3 is 2.07 bits per heavy atom. The van der Waals surface area contributed by atoms with Gasteiger partial charge in [-0.1, -0.05) is 31.4 Å². The van der Waals surface area contributed by atoms with E-state index in [1.54, 1.807) is 6.08 Å². The molecule has 0 radical (unpaired) electrons. The lowest BCUT2D eigenvalue weighted by Gasteiger charge is -2.00.